The summed E-state index contributed by atoms with van der Waals surface area (Å²) in [6.45, 7) is 6.39. The van der Waals surface area contributed by atoms with Gasteiger partial charge in [0.1, 0.15) is 16.8 Å². The first-order chi connectivity index (χ1) is 9.10. The number of nitrogens with one attached hydrogen (secondary N) is 1. The highest BCUT2D eigenvalue weighted by Gasteiger charge is 2.18. The van der Waals surface area contributed by atoms with Gasteiger partial charge in [-0.2, -0.15) is 0 Å². The summed E-state index contributed by atoms with van der Waals surface area (Å²) in [6.07, 6.45) is 7.22. The van der Waals surface area contributed by atoms with Crippen LogP contribution in [0.2, 0.25) is 5.15 Å². The van der Waals surface area contributed by atoms with Crippen LogP contribution in [0.25, 0.3) is 0 Å². The lowest BCUT2D eigenvalue weighted by Crippen LogP contribution is -2.20. The van der Waals surface area contributed by atoms with Gasteiger partial charge in [0.2, 0.25) is 0 Å². The SMILES string of the molecule is CCc1nc(Cl)c(C)c(NC2CCCC(C)CC2)n1. The zero-order valence-electron chi connectivity index (χ0n) is 12.2. The van der Waals surface area contributed by atoms with E-state index >= 15 is 0 Å². The van der Waals surface area contributed by atoms with Crippen LogP contribution in [0.1, 0.15) is 57.3 Å². The van der Waals surface area contributed by atoms with Crippen LogP contribution in [0.3, 0.4) is 0 Å². The molecule has 3 nitrogen and oxygen atoms in total. The van der Waals surface area contributed by atoms with Gasteiger partial charge in [0, 0.05) is 18.0 Å². The smallest absolute Gasteiger partial charge is 0.137 e. The maximum absolute atomic E-state index is 6.18. The maximum atomic E-state index is 6.18. The topological polar surface area (TPSA) is 37.8 Å². The van der Waals surface area contributed by atoms with E-state index < -0.39 is 0 Å². The van der Waals surface area contributed by atoms with Crippen molar-refractivity contribution in [1.29, 1.82) is 0 Å². The number of aromatic nitrogens is 2. The fourth-order valence-corrected chi connectivity index (χ4v) is 2.84. The molecule has 1 aromatic heterocycles. The molecule has 1 saturated carbocycles. The molecule has 1 aromatic rings. The zero-order chi connectivity index (χ0) is 13.8. The molecule has 1 heterocycles. The van der Waals surface area contributed by atoms with Gasteiger partial charge in [-0.15, -0.1) is 0 Å². The highest BCUT2D eigenvalue weighted by molar-refractivity contribution is 6.30. The number of rotatable bonds is 3. The van der Waals surface area contributed by atoms with Gasteiger partial charge in [0.05, 0.1) is 0 Å². The van der Waals surface area contributed by atoms with Crippen molar-refractivity contribution in [1.82, 2.24) is 9.97 Å². The highest BCUT2D eigenvalue weighted by atomic mass is 35.5. The van der Waals surface area contributed by atoms with Crippen LogP contribution in [-0.4, -0.2) is 16.0 Å². The highest BCUT2D eigenvalue weighted by Crippen LogP contribution is 2.27. The zero-order valence-corrected chi connectivity index (χ0v) is 12.9. The van der Waals surface area contributed by atoms with Crippen LogP contribution in [0.15, 0.2) is 0 Å². The minimum atomic E-state index is 0.527. The van der Waals surface area contributed by atoms with E-state index in [1.54, 1.807) is 0 Å². The van der Waals surface area contributed by atoms with E-state index in [0.29, 0.717) is 11.2 Å². The van der Waals surface area contributed by atoms with Crippen LogP contribution in [0, 0.1) is 12.8 Å². The average molecular weight is 282 g/mol. The lowest BCUT2D eigenvalue weighted by molar-refractivity contribution is 0.501. The van der Waals surface area contributed by atoms with Crippen molar-refractivity contribution in [2.75, 3.05) is 5.32 Å². The third-order valence-corrected chi connectivity index (χ3v) is 4.42. The molecule has 0 amide bonds. The molecule has 1 fully saturated rings. The minimum Gasteiger partial charge on any atom is -0.367 e. The summed E-state index contributed by atoms with van der Waals surface area (Å²) in [5, 5.41) is 4.17. The number of hydrogen-bond acceptors (Lipinski definition) is 3. The number of halogens is 1. The van der Waals surface area contributed by atoms with Crippen molar-refractivity contribution in [3.63, 3.8) is 0 Å². The minimum absolute atomic E-state index is 0.527. The summed E-state index contributed by atoms with van der Waals surface area (Å²) in [5.41, 5.74) is 0.969. The van der Waals surface area contributed by atoms with E-state index in [4.69, 9.17) is 11.6 Å². The molecule has 2 atom stereocenters. The van der Waals surface area contributed by atoms with Gasteiger partial charge in [-0.1, -0.05) is 38.3 Å². The van der Waals surface area contributed by atoms with Gasteiger partial charge < -0.3 is 5.32 Å². The van der Waals surface area contributed by atoms with Crippen molar-refractivity contribution in [2.24, 2.45) is 5.92 Å². The molecule has 1 aliphatic carbocycles. The lowest BCUT2D eigenvalue weighted by atomic mass is 10.0. The Morgan fingerprint density at radius 3 is 2.74 bits per heavy atom. The Morgan fingerprint density at radius 2 is 2.00 bits per heavy atom. The van der Waals surface area contributed by atoms with E-state index in [1.165, 1.54) is 32.1 Å². The summed E-state index contributed by atoms with van der Waals surface area (Å²) in [7, 11) is 0. The normalized spacial score (nSPS) is 24.0. The Hall–Kier alpha value is -0.830. The molecule has 1 N–H and O–H groups in total. The standard InChI is InChI=1S/C15H24ClN3/c1-4-13-18-14(16)11(3)15(19-13)17-12-7-5-6-10(2)8-9-12/h10,12H,4-9H2,1-3H3,(H,17,18,19). The predicted octanol–water partition coefficient (Wildman–Crippen LogP) is 4.38. The van der Waals surface area contributed by atoms with Gasteiger partial charge in [-0.05, 0) is 32.1 Å². The van der Waals surface area contributed by atoms with Crippen molar-refractivity contribution in [3.8, 4) is 0 Å². The van der Waals surface area contributed by atoms with Crippen LogP contribution in [0.5, 0.6) is 0 Å². The van der Waals surface area contributed by atoms with Crippen molar-refractivity contribution in [2.45, 2.75) is 65.3 Å². The van der Waals surface area contributed by atoms with E-state index in [9.17, 15) is 0 Å². The van der Waals surface area contributed by atoms with Gasteiger partial charge in [-0.25, -0.2) is 9.97 Å². The molecular weight excluding hydrogens is 258 g/mol. The predicted molar refractivity (Wildman–Crippen MR) is 80.8 cm³/mol. The van der Waals surface area contributed by atoms with E-state index in [-0.39, 0.29) is 0 Å². The van der Waals surface area contributed by atoms with Gasteiger partial charge >= 0.3 is 0 Å². The van der Waals surface area contributed by atoms with E-state index in [1.807, 2.05) is 6.92 Å². The number of hydrogen-bond donors (Lipinski definition) is 1. The molecule has 19 heavy (non-hydrogen) atoms. The molecule has 2 unspecified atom stereocenters. The van der Waals surface area contributed by atoms with Crippen molar-refractivity contribution in [3.05, 3.63) is 16.5 Å². The lowest BCUT2D eigenvalue weighted by Gasteiger charge is -2.19. The Kier molecular flexibility index (Phi) is 5.03. The fourth-order valence-electron chi connectivity index (χ4n) is 2.66. The molecule has 106 valence electrons. The van der Waals surface area contributed by atoms with Gasteiger partial charge in [-0.3, -0.25) is 0 Å². The fraction of sp³-hybridized carbons (Fsp3) is 0.733. The third kappa shape index (κ3) is 3.82. The summed E-state index contributed by atoms with van der Waals surface area (Å²) >= 11 is 6.18. The first kappa shape index (κ1) is 14.6. The summed E-state index contributed by atoms with van der Waals surface area (Å²) < 4.78 is 0. The number of aryl methyl sites for hydroxylation is 1. The van der Waals surface area contributed by atoms with E-state index in [0.717, 1.165) is 29.5 Å². The van der Waals surface area contributed by atoms with Gasteiger partial charge in [0.15, 0.2) is 0 Å². The van der Waals surface area contributed by atoms with Crippen LogP contribution in [0.4, 0.5) is 5.82 Å². The maximum Gasteiger partial charge on any atom is 0.137 e. The van der Waals surface area contributed by atoms with Crippen LogP contribution >= 0.6 is 11.6 Å². The Labute approximate surface area is 121 Å². The van der Waals surface area contributed by atoms with Crippen LogP contribution < -0.4 is 5.32 Å². The molecule has 2 rings (SSSR count). The quantitative estimate of drug-likeness (QED) is 0.660. The first-order valence-electron chi connectivity index (χ1n) is 7.39. The molecule has 0 radical (unpaired) electrons. The second-order valence-corrected chi connectivity index (χ2v) is 6.07. The summed E-state index contributed by atoms with van der Waals surface area (Å²) in [6, 6.07) is 0.527. The van der Waals surface area contributed by atoms with Gasteiger partial charge in [0.25, 0.3) is 0 Å². The molecular formula is C15H24ClN3. The molecule has 0 aliphatic heterocycles. The van der Waals surface area contributed by atoms with Crippen molar-refractivity contribution < 1.29 is 0 Å². The third-order valence-electron chi connectivity index (χ3n) is 4.05. The number of anilines is 1. The summed E-state index contributed by atoms with van der Waals surface area (Å²) in [4.78, 5) is 8.88. The molecule has 0 aromatic carbocycles. The Bertz CT molecular complexity index is 434. The molecule has 0 saturated heterocycles. The molecule has 4 heteroatoms. The largest absolute Gasteiger partial charge is 0.367 e. The first-order valence-corrected chi connectivity index (χ1v) is 7.77. The molecule has 0 bridgehead atoms. The Morgan fingerprint density at radius 1 is 1.21 bits per heavy atom. The average Bonchev–Trinajstić information content (AvgIpc) is 2.59. The monoisotopic (exact) mass is 281 g/mol. The number of nitrogens with zero attached hydrogens (tertiary/aromatic N) is 2. The van der Waals surface area contributed by atoms with Crippen LogP contribution in [-0.2, 0) is 6.42 Å². The van der Waals surface area contributed by atoms with E-state index in [2.05, 4.69) is 29.1 Å². The molecule has 1 aliphatic rings. The second-order valence-electron chi connectivity index (χ2n) is 5.71. The van der Waals surface area contributed by atoms with Crippen molar-refractivity contribution >= 4 is 17.4 Å². The Balaban J connectivity index is 2.11. The second kappa shape index (κ2) is 6.56. The molecule has 0 spiro atoms. The summed E-state index contributed by atoms with van der Waals surface area (Å²) in [5.74, 6) is 2.60.